The second-order valence-electron chi connectivity index (χ2n) is 4.68. The van der Waals surface area contributed by atoms with E-state index in [1.54, 1.807) is 18.3 Å². The molecule has 0 radical (unpaired) electrons. The van der Waals surface area contributed by atoms with E-state index in [1.165, 1.54) is 0 Å². The van der Waals surface area contributed by atoms with E-state index in [2.05, 4.69) is 10.3 Å². The zero-order chi connectivity index (χ0) is 15.1. The number of pyridine rings is 1. The van der Waals surface area contributed by atoms with Crippen molar-refractivity contribution >= 4 is 5.91 Å². The van der Waals surface area contributed by atoms with Crippen LogP contribution in [0.3, 0.4) is 0 Å². The maximum Gasteiger partial charge on any atom is 0.269 e. The number of hydrogen-bond donors (Lipinski definition) is 2. The standard InChI is InChI=1S/C16H19N3O2/c1-12-3-2-4-14(9-12)21-8-7-18-16(20)15-6-5-13(10-17)11-19-15/h2-6,9,11H,7-8,10,17H2,1H3,(H,18,20). The molecule has 21 heavy (non-hydrogen) atoms. The van der Waals surface area contributed by atoms with Crippen molar-refractivity contribution in [3.05, 3.63) is 59.4 Å². The highest BCUT2D eigenvalue weighted by molar-refractivity contribution is 5.92. The third-order valence-electron chi connectivity index (χ3n) is 2.94. The zero-order valence-corrected chi connectivity index (χ0v) is 12.0. The summed E-state index contributed by atoms with van der Waals surface area (Å²) in [5, 5.41) is 2.76. The van der Waals surface area contributed by atoms with Gasteiger partial charge in [0.15, 0.2) is 0 Å². The Kier molecular flexibility index (Phi) is 5.29. The minimum atomic E-state index is -0.216. The molecule has 110 valence electrons. The molecule has 2 aromatic rings. The number of aryl methyl sites for hydroxylation is 1. The van der Waals surface area contributed by atoms with E-state index < -0.39 is 0 Å². The van der Waals surface area contributed by atoms with Crippen LogP contribution < -0.4 is 15.8 Å². The summed E-state index contributed by atoms with van der Waals surface area (Å²) in [4.78, 5) is 15.9. The van der Waals surface area contributed by atoms with Crippen molar-refractivity contribution in [3.63, 3.8) is 0 Å². The average molecular weight is 285 g/mol. The van der Waals surface area contributed by atoms with Crippen molar-refractivity contribution in [3.8, 4) is 5.75 Å². The molecule has 0 aliphatic carbocycles. The van der Waals surface area contributed by atoms with Gasteiger partial charge in [-0.25, -0.2) is 0 Å². The van der Waals surface area contributed by atoms with Crippen molar-refractivity contribution < 1.29 is 9.53 Å². The van der Waals surface area contributed by atoms with Gasteiger partial charge in [0.2, 0.25) is 0 Å². The second-order valence-corrected chi connectivity index (χ2v) is 4.68. The van der Waals surface area contributed by atoms with Crippen LogP contribution in [-0.4, -0.2) is 24.0 Å². The Balaban J connectivity index is 1.76. The first kappa shape index (κ1) is 15.0. The van der Waals surface area contributed by atoms with Crippen LogP contribution in [-0.2, 0) is 6.54 Å². The Morgan fingerprint density at radius 2 is 2.19 bits per heavy atom. The number of hydrogen-bond acceptors (Lipinski definition) is 4. The van der Waals surface area contributed by atoms with E-state index in [9.17, 15) is 4.79 Å². The molecule has 0 aliphatic rings. The number of nitrogens with one attached hydrogen (secondary N) is 1. The van der Waals surface area contributed by atoms with Gasteiger partial charge in [0.05, 0.1) is 6.54 Å². The van der Waals surface area contributed by atoms with Crippen molar-refractivity contribution in [1.82, 2.24) is 10.3 Å². The molecule has 1 aromatic carbocycles. The minimum absolute atomic E-state index is 0.216. The number of carbonyl (C=O) groups is 1. The molecule has 0 saturated heterocycles. The van der Waals surface area contributed by atoms with E-state index in [-0.39, 0.29) is 5.91 Å². The molecule has 0 aliphatic heterocycles. The Morgan fingerprint density at radius 1 is 1.33 bits per heavy atom. The van der Waals surface area contributed by atoms with Gasteiger partial charge in [-0.2, -0.15) is 0 Å². The molecule has 1 heterocycles. The van der Waals surface area contributed by atoms with Gasteiger partial charge in [0.1, 0.15) is 18.1 Å². The Morgan fingerprint density at radius 3 is 2.86 bits per heavy atom. The van der Waals surface area contributed by atoms with E-state index in [0.29, 0.717) is 25.4 Å². The van der Waals surface area contributed by atoms with Crippen LogP contribution in [0.2, 0.25) is 0 Å². The summed E-state index contributed by atoms with van der Waals surface area (Å²) >= 11 is 0. The second kappa shape index (κ2) is 7.40. The molecule has 0 fully saturated rings. The molecule has 1 aromatic heterocycles. The van der Waals surface area contributed by atoms with Crippen molar-refractivity contribution in [2.45, 2.75) is 13.5 Å². The minimum Gasteiger partial charge on any atom is -0.492 e. The fourth-order valence-corrected chi connectivity index (χ4v) is 1.81. The predicted octanol–water partition coefficient (Wildman–Crippen LogP) is 1.66. The zero-order valence-electron chi connectivity index (χ0n) is 12.0. The molecular formula is C16H19N3O2. The van der Waals surface area contributed by atoms with E-state index in [4.69, 9.17) is 10.5 Å². The SMILES string of the molecule is Cc1cccc(OCCNC(=O)c2ccc(CN)cn2)c1. The molecule has 0 spiro atoms. The van der Waals surface area contributed by atoms with Crippen molar-refractivity contribution in [2.75, 3.05) is 13.2 Å². The van der Waals surface area contributed by atoms with Gasteiger partial charge in [-0.05, 0) is 36.2 Å². The Bertz CT molecular complexity index is 597. The molecule has 5 nitrogen and oxygen atoms in total. The highest BCUT2D eigenvalue weighted by Crippen LogP contribution is 2.11. The van der Waals surface area contributed by atoms with E-state index >= 15 is 0 Å². The topological polar surface area (TPSA) is 77.2 Å². The summed E-state index contributed by atoms with van der Waals surface area (Å²) in [5.74, 6) is 0.584. The fourth-order valence-electron chi connectivity index (χ4n) is 1.81. The number of amides is 1. The monoisotopic (exact) mass is 285 g/mol. The van der Waals surface area contributed by atoms with Gasteiger partial charge in [0.25, 0.3) is 5.91 Å². The average Bonchev–Trinajstić information content (AvgIpc) is 2.51. The van der Waals surface area contributed by atoms with Crippen LogP contribution in [0, 0.1) is 6.92 Å². The first-order chi connectivity index (χ1) is 10.2. The highest BCUT2D eigenvalue weighted by atomic mass is 16.5. The van der Waals surface area contributed by atoms with Gasteiger partial charge in [-0.1, -0.05) is 18.2 Å². The first-order valence-electron chi connectivity index (χ1n) is 6.81. The lowest BCUT2D eigenvalue weighted by atomic mass is 10.2. The van der Waals surface area contributed by atoms with Crippen molar-refractivity contribution in [2.24, 2.45) is 5.73 Å². The number of nitrogens with two attached hydrogens (primary N) is 1. The molecular weight excluding hydrogens is 266 g/mol. The smallest absolute Gasteiger partial charge is 0.269 e. The van der Waals surface area contributed by atoms with Gasteiger partial charge in [-0.15, -0.1) is 0 Å². The number of ether oxygens (including phenoxy) is 1. The van der Waals surface area contributed by atoms with Crippen LogP contribution in [0.4, 0.5) is 0 Å². The van der Waals surface area contributed by atoms with Crippen LogP contribution in [0.15, 0.2) is 42.6 Å². The number of rotatable bonds is 6. The lowest BCUT2D eigenvalue weighted by Gasteiger charge is -2.08. The quantitative estimate of drug-likeness (QED) is 0.791. The largest absolute Gasteiger partial charge is 0.492 e. The summed E-state index contributed by atoms with van der Waals surface area (Å²) in [5.41, 5.74) is 7.90. The Labute approximate surface area is 124 Å². The summed E-state index contributed by atoms with van der Waals surface area (Å²) in [7, 11) is 0. The van der Waals surface area contributed by atoms with Gasteiger partial charge >= 0.3 is 0 Å². The lowest BCUT2D eigenvalue weighted by molar-refractivity contribution is 0.0942. The van der Waals surface area contributed by atoms with Crippen LogP contribution in [0.1, 0.15) is 21.6 Å². The Hall–Kier alpha value is -2.40. The van der Waals surface area contributed by atoms with Gasteiger partial charge in [-0.3, -0.25) is 9.78 Å². The van der Waals surface area contributed by atoms with Crippen LogP contribution >= 0.6 is 0 Å². The van der Waals surface area contributed by atoms with E-state index in [1.807, 2.05) is 31.2 Å². The maximum atomic E-state index is 11.8. The van der Waals surface area contributed by atoms with Crippen molar-refractivity contribution in [1.29, 1.82) is 0 Å². The maximum absolute atomic E-state index is 11.8. The molecule has 0 unspecified atom stereocenters. The van der Waals surface area contributed by atoms with E-state index in [0.717, 1.165) is 16.9 Å². The number of carbonyl (C=O) groups excluding carboxylic acids is 1. The molecule has 3 N–H and O–H groups in total. The molecule has 0 bridgehead atoms. The van der Waals surface area contributed by atoms with Gasteiger partial charge < -0.3 is 15.8 Å². The van der Waals surface area contributed by atoms with Gasteiger partial charge in [0, 0.05) is 12.7 Å². The summed E-state index contributed by atoms with van der Waals surface area (Å²) in [6.45, 7) is 3.26. The summed E-state index contributed by atoms with van der Waals surface area (Å²) in [6.07, 6.45) is 1.61. The third kappa shape index (κ3) is 4.57. The number of aromatic nitrogens is 1. The fraction of sp³-hybridized carbons (Fsp3) is 0.250. The first-order valence-corrected chi connectivity index (χ1v) is 6.81. The summed E-state index contributed by atoms with van der Waals surface area (Å²) < 4.78 is 5.56. The lowest BCUT2D eigenvalue weighted by Crippen LogP contribution is -2.28. The molecule has 0 atom stereocenters. The van der Waals surface area contributed by atoms with Crippen LogP contribution in [0.25, 0.3) is 0 Å². The van der Waals surface area contributed by atoms with Crippen LogP contribution in [0.5, 0.6) is 5.75 Å². The highest BCUT2D eigenvalue weighted by Gasteiger charge is 2.06. The normalized spacial score (nSPS) is 10.2. The predicted molar refractivity (Wildman–Crippen MR) is 81.1 cm³/mol. The third-order valence-corrected chi connectivity index (χ3v) is 2.94. The molecule has 1 amide bonds. The molecule has 2 rings (SSSR count). The molecule has 5 heteroatoms. The summed E-state index contributed by atoms with van der Waals surface area (Å²) in [6, 6.07) is 11.2. The number of benzene rings is 1. The number of nitrogens with zero attached hydrogens (tertiary/aromatic N) is 1. The molecule has 0 saturated carbocycles.